The molecule has 0 aromatic rings. The number of amides is 10. The quantitative estimate of drug-likeness (QED) is 0.0281. The summed E-state index contributed by atoms with van der Waals surface area (Å²) in [7, 11) is 0. The SMILES string of the molecule is CC(C)C[C@H](NC(=O)[C@@H](NC(=O)CNC(=O)[C@H](CCC(N)=O)NC(=O)[C@H](CCC(=O)O)NC(=O)CNC(=O)[C@H](CC(=O)O)NC(=O)[C@H](CO)NC(=O)[C@H](CC(C)C)NC(=O)[C@@H](N)CC(=O)O)C(C)C)C(=O)O. The van der Waals surface area contributed by atoms with E-state index in [2.05, 4.69) is 37.2 Å². The van der Waals surface area contributed by atoms with Gasteiger partial charge in [-0.2, -0.15) is 0 Å². The predicted octanol–water partition coefficient (Wildman–Crippen LogP) is -6.16. The van der Waals surface area contributed by atoms with E-state index in [0.717, 1.165) is 0 Å². The number of nitrogens with one attached hydrogen (secondary N) is 9. The molecule has 0 aromatic heterocycles. The first-order chi connectivity index (χ1) is 33.4. The first-order valence-electron chi connectivity index (χ1n) is 22.6. The Labute approximate surface area is 413 Å². The maximum Gasteiger partial charge on any atom is 0.326 e. The van der Waals surface area contributed by atoms with Gasteiger partial charge in [0.05, 0.1) is 38.6 Å². The molecule has 8 atom stereocenters. The van der Waals surface area contributed by atoms with Gasteiger partial charge in [-0.1, -0.05) is 41.5 Å². The second-order valence-electron chi connectivity index (χ2n) is 17.7. The van der Waals surface area contributed by atoms with Crippen molar-refractivity contribution in [3.05, 3.63) is 0 Å². The maximum atomic E-state index is 13.5. The molecule has 0 bridgehead atoms. The van der Waals surface area contributed by atoms with Crippen LogP contribution in [0.25, 0.3) is 0 Å². The zero-order chi connectivity index (χ0) is 55.6. The van der Waals surface area contributed by atoms with Crippen LogP contribution in [0.2, 0.25) is 0 Å². The highest BCUT2D eigenvalue weighted by molar-refractivity contribution is 5.98. The van der Waals surface area contributed by atoms with Crippen LogP contribution in [-0.2, 0) is 67.1 Å². The van der Waals surface area contributed by atoms with Crippen molar-refractivity contribution >= 4 is 82.9 Å². The molecular formula is C42H69N11O19. The maximum absolute atomic E-state index is 13.5. The minimum atomic E-state index is -1.99. The number of aliphatic hydroxyl groups is 1. The lowest BCUT2D eigenvalue weighted by Crippen LogP contribution is -2.59. The summed E-state index contributed by atoms with van der Waals surface area (Å²) in [5.41, 5.74) is 10.8. The van der Waals surface area contributed by atoms with E-state index in [1.54, 1.807) is 41.5 Å². The van der Waals surface area contributed by atoms with Gasteiger partial charge in [-0.25, -0.2) is 4.79 Å². The Hall–Kier alpha value is -7.50. The first-order valence-corrected chi connectivity index (χ1v) is 22.6. The summed E-state index contributed by atoms with van der Waals surface area (Å²) >= 11 is 0. The van der Waals surface area contributed by atoms with Crippen LogP contribution in [-0.4, -0.2) is 177 Å². The number of aliphatic hydroxyl groups excluding tert-OH is 1. The Morgan fingerprint density at radius 2 is 0.861 bits per heavy atom. The van der Waals surface area contributed by atoms with Crippen molar-refractivity contribution in [2.45, 2.75) is 141 Å². The second-order valence-corrected chi connectivity index (χ2v) is 17.7. The molecule has 18 N–H and O–H groups in total. The van der Waals surface area contributed by atoms with Crippen LogP contribution in [0.1, 0.15) is 92.9 Å². The smallest absolute Gasteiger partial charge is 0.326 e. The molecule has 0 radical (unpaired) electrons. The normalized spacial score (nSPS) is 14.3. The summed E-state index contributed by atoms with van der Waals surface area (Å²) in [6, 6.07) is -12.8. The topological polar surface area (TPSA) is 500 Å². The number of hydrogen-bond acceptors (Lipinski definition) is 16. The van der Waals surface area contributed by atoms with E-state index in [1.165, 1.54) is 0 Å². The number of carbonyl (C=O) groups is 14. The Bertz CT molecular complexity index is 1980. The lowest BCUT2D eigenvalue weighted by Gasteiger charge is -2.25. The standard InChI is InChI=1S/C42H69N11O19/c1-18(2)11-24(49-35(64)21(43)13-32(60)61)39(68)52-27(17-54)40(69)50-25(14-33(62)63)37(66)46-15-29(56)47-23(8-10-31(58)59)38(67)48-22(7-9-28(44)55)36(65)45-16-30(57)53-34(20(5)6)41(70)51-26(42(71)72)12-19(3)4/h18-27,34,54H,7-17,43H2,1-6H3,(H2,44,55)(H,45,65)(H,46,66)(H,47,56)(H,48,67)(H,49,64)(H,50,69)(H,51,70)(H,52,68)(H,53,57)(H,58,59)(H,60,61)(H,62,63)(H,71,72)/t21-,22-,23-,24-,25-,26-,27-,34-/m0/s1. The van der Waals surface area contributed by atoms with Gasteiger partial charge in [0.15, 0.2) is 0 Å². The minimum absolute atomic E-state index is 0.0598. The molecule has 0 aliphatic rings. The largest absolute Gasteiger partial charge is 0.481 e. The number of aliphatic carboxylic acids is 4. The van der Waals surface area contributed by atoms with Crippen LogP contribution in [0.4, 0.5) is 0 Å². The monoisotopic (exact) mass is 1030 g/mol. The number of carbonyl (C=O) groups excluding carboxylic acids is 10. The van der Waals surface area contributed by atoms with Crippen molar-refractivity contribution < 1.29 is 92.7 Å². The van der Waals surface area contributed by atoms with E-state index in [-0.39, 0.29) is 24.7 Å². The van der Waals surface area contributed by atoms with E-state index in [1.807, 2.05) is 10.6 Å². The van der Waals surface area contributed by atoms with Gasteiger partial charge in [-0.15, -0.1) is 0 Å². The van der Waals surface area contributed by atoms with E-state index >= 15 is 0 Å². The highest BCUT2D eigenvalue weighted by Gasteiger charge is 2.34. The molecule has 0 aliphatic heterocycles. The average Bonchev–Trinajstić information content (AvgIpc) is 3.26. The molecule has 10 amide bonds. The van der Waals surface area contributed by atoms with E-state index in [9.17, 15) is 87.5 Å². The third kappa shape index (κ3) is 26.5. The molecular weight excluding hydrogens is 963 g/mol. The van der Waals surface area contributed by atoms with Gasteiger partial charge < -0.3 is 84.9 Å². The lowest BCUT2D eigenvalue weighted by atomic mass is 10.0. The second kappa shape index (κ2) is 32.4. The molecule has 0 aliphatic carbocycles. The molecule has 406 valence electrons. The number of rotatable bonds is 35. The van der Waals surface area contributed by atoms with Crippen LogP contribution < -0.4 is 59.3 Å². The lowest BCUT2D eigenvalue weighted by molar-refractivity contribution is -0.143. The third-order valence-corrected chi connectivity index (χ3v) is 9.94. The minimum Gasteiger partial charge on any atom is -0.481 e. The fourth-order valence-electron chi connectivity index (χ4n) is 6.29. The summed E-state index contributed by atoms with van der Waals surface area (Å²) in [6.07, 6.45) is -4.26. The Morgan fingerprint density at radius 3 is 1.33 bits per heavy atom. The fourth-order valence-corrected chi connectivity index (χ4v) is 6.29. The van der Waals surface area contributed by atoms with Gasteiger partial charge in [-0.3, -0.25) is 62.3 Å². The Kier molecular flexibility index (Phi) is 29.0. The molecule has 0 saturated carbocycles. The van der Waals surface area contributed by atoms with Gasteiger partial charge in [0, 0.05) is 12.8 Å². The van der Waals surface area contributed by atoms with Crippen LogP contribution in [0, 0.1) is 17.8 Å². The molecule has 72 heavy (non-hydrogen) atoms. The molecule has 0 rings (SSSR count). The number of carboxylic acids is 4. The highest BCUT2D eigenvalue weighted by Crippen LogP contribution is 2.10. The summed E-state index contributed by atoms with van der Waals surface area (Å²) in [4.78, 5) is 175. The highest BCUT2D eigenvalue weighted by atomic mass is 16.4. The van der Waals surface area contributed by atoms with Crippen LogP contribution >= 0.6 is 0 Å². The summed E-state index contributed by atoms with van der Waals surface area (Å²) < 4.78 is 0. The molecule has 0 heterocycles. The predicted molar refractivity (Wildman–Crippen MR) is 246 cm³/mol. The molecule has 0 fully saturated rings. The zero-order valence-corrected chi connectivity index (χ0v) is 40.7. The molecule has 0 saturated heterocycles. The summed E-state index contributed by atoms with van der Waals surface area (Å²) in [6.45, 7) is 6.94. The average molecular weight is 1030 g/mol. The van der Waals surface area contributed by atoms with Gasteiger partial charge >= 0.3 is 23.9 Å². The van der Waals surface area contributed by atoms with E-state index < -0.39 is 195 Å². The van der Waals surface area contributed by atoms with Gasteiger partial charge in [0.25, 0.3) is 0 Å². The molecule has 30 heteroatoms. The van der Waals surface area contributed by atoms with Crippen molar-refractivity contribution in [1.29, 1.82) is 0 Å². The van der Waals surface area contributed by atoms with Gasteiger partial charge in [0.1, 0.15) is 42.3 Å². The number of nitrogens with two attached hydrogens (primary N) is 2. The Balaban J connectivity index is 6.05. The molecule has 0 aromatic carbocycles. The van der Waals surface area contributed by atoms with Gasteiger partial charge in [-0.05, 0) is 43.4 Å². The molecule has 30 nitrogen and oxygen atoms in total. The third-order valence-electron chi connectivity index (χ3n) is 9.94. The van der Waals surface area contributed by atoms with Crippen molar-refractivity contribution in [3.63, 3.8) is 0 Å². The van der Waals surface area contributed by atoms with Crippen molar-refractivity contribution in [3.8, 4) is 0 Å². The van der Waals surface area contributed by atoms with Crippen molar-refractivity contribution in [2.24, 2.45) is 29.2 Å². The Morgan fingerprint density at radius 1 is 0.444 bits per heavy atom. The molecule has 0 unspecified atom stereocenters. The van der Waals surface area contributed by atoms with Crippen LogP contribution in [0.3, 0.4) is 0 Å². The van der Waals surface area contributed by atoms with Crippen molar-refractivity contribution in [1.82, 2.24) is 47.9 Å². The van der Waals surface area contributed by atoms with Crippen LogP contribution in [0.5, 0.6) is 0 Å². The number of carboxylic acid groups (broad SMARTS) is 4. The van der Waals surface area contributed by atoms with E-state index in [4.69, 9.17) is 16.6 Å². The first kappa shape index (κ1) is 64.5. The number of primary amides is 1. The number of hydrogen-bond donors (Lipinski definition) is 16. The van der Waals surface area contributed by atoms with E-state index in [0.29, 0.717) is 0 Å². The van der Waals surface area contributed by atoms with Crippen molar-refractivity contribution in [2.75, 3.05) is 19.7 Å². The van der Waals surface area contributed by atoms with Gasteiger partial charge in [0.2, 0.25) is 59.1 Å². The summed E-state index contributed by atoms with van der Waals surface area (Å²) in [5, 5.41) is 66.9. The fraction of sp³-hybridized carbons (Fsp3) is 0.667. The molecule has 0 spiro atoms. The summed E-state index contributed by atoms with van der Waals surface area (Å²) in [5.74, 6) is -17.6. The zero-order valence-electron chi connectivity index (χ0n) is 40.7. The van der Waals surface area contributed by atoms with Crippen LogP contribution in [0.15, 0.2) is 0 Å².